The van der Waals surface area contributed by atoms with E-state index in [0.29, 0.717) is 22.6 Å². The first kappa shape index (κ1) is 21.7. The van der Waals surface area contributed by atoms with Crippen LogP contribution in [0.2, 0.25) is 5.02 Å². The minimum absolute atomic E-state index is 0.0440. The van der Waals surface area contributed by atoms with Gasteiger partial charge in [-0.25, -0.2) is 4.98 Å². The van der Waals surface area contributed by atoms with E-state index >= 15 is 0 Å². The number of amides is 1. The van der Waals surface area contributed by atoms with E-state index in [1.807, 2.05) is 58.9 Å². The lowest BCUT2D eigenvalue weighted by atomic mass is 10.0. The summed E-state index contributed by atoms with van der Waals surface area (Å²) in [6.45, 7) is 5.33. The number of rotatable bonds is 4. The number of aromatic nitrogens is 3. The molecule has 5 rings (SSSR count). The second-order valence-electron chi connectivity index (χ2n) is 9.00. The van der Waals surface area contributed by atoms with E-state index < -0.39 is 0 Å². The van der Waals surface area contributed by atoms with Gasteiger partial charge >= 0.3 is 0 Å². The first-order chi connectivity index (χ1) is 15.9. The quantitative estimate of drug-likeness (QED) is 0.439. The summed E-state index contributed by atoms with van der Waals surface area (Å²) in [5, 5.41) is 1.50. The molecule has 4 aromatic rings. The molecule has 33 heavy (non-hydrogen) atoms. The van der Waals surface area contributed by atoms with E-state index in [1.54, 1.807) is 10.9 Å². The van der Waals surface area contributed by atoms with Crippen molar-refractivity contribution < 1.29 is 4.79 Å². The van der Waals surface area contributed by atoms with Crippen LogP contribution in [0.3, 0.4) is 0 Å². The van der Waals surface area contributed by atoms with Gasteiger partial charge in [-0.05, 0) is 56.9 Å². The van der Waals surface area contributed by atoms with E-state index in [4.69, 9.17) is 11.6 Å². The maximum absolute atomic E-state index is 13.7. The lowest BCUT2D eigenvalue weighted by Gasteiger charge is -2.33. The summed E-state index contributed by atoms with van der Waals surface area (Å²) in [6.07, 6.45) is 4.77. The van der Waals surface area contributed by atoms with Gasteiger partial charge in [-0.15, -0.1) is 0 Å². The SMILES string of the molecule is Cc1ccc2c(c1)c1ncn(Cc3ccccc3Cl)c(=O)c1n2CC(=O)N1CCCC[C@@H]1C. The molecule has 1 fully saturated rings. The fraction of sp³-hybridized carbons (Fsp3) is 0.346. The average Bonchev–Trinajstić information content (AvgIpc) is 3.10. The van der Waals surface area contributed by atoms with E-state index in [0.717, 1.165) is 47.8 Å². The fourth-order valence-electron chi connectivity index (χ4n) is 4.90. The van der Waals surface area contributed by atoms with Gasteiger partial charge < -0.3 is 9.47 Å². The van der Waals surface area contributed by atoms with Crippen molar-refractivity contribution in [2.24, 2.45) is 0 Å². The van der Waals surface area contributed by atoms with Crippen molar-refractivity contribution in [3.63, 3.8) is 0 Å². The fourth-order valence-corrected chi connectivity index (χ4v) is 5.09. The van der Waals surface area contributed by atoms with Gasteiger partial charge in [-0.1, -0.05) is 41.4 Å². The van der Waals surface area contributed by atoms with Crippen LogP contribution in [0.15, 0.2) is 53.6 Å². The van der Waals surface area contributed by atoms with E-state index in [-0.39, 0.29) is 24.1 Å². The third-order valence-corrected chi connectivity index (χ3v) is 7.07. The predicted molar refractivity (Wildman–Crippen MR) is 132 cm³/mol. The minimum atomic E-state index is -0.173. The molecule has 0 N–H and O–H groups in total. The zero-order valence-electron chi connectivity index (χ0n) is 18.9. The van der Waals surface area contributed by atoms with Crippen molar-refractivity contribution in [1.82, 2.24) is 19.0 Å². The first-order valence-corrected chi connectivity index (χ1v) is 11.8. The summed E-state index contributed by atoms with van der Waals surface area (Å²) in [4.78, 5) is 33.6. The number of carbonyl (C=O) groups is 1. The van der Waals surface area contributed by atoms with Crippen molar-refractivity contribution in [2.75, 3.05) is 6.54 Å². The Balaban J connectivity index is 1.65. The number of fused-ring (bicyclic) bond motifs is 3. The van der Waals surface area contributed by atoms with E-state index in [2.05, 4.69) is 11.9 Å². The summed E-state index contributed by atoms with van der Waals surface area (Å²) < 4.78 is 3.42. The molecule has 6 nitrogen and oxygen atoms in total. The first-order valence-electron chi connectivity index (χ1n) is 11.4. The molecule has 7 heteroatoms. The Morgan fingerprint density at radius 2 is 2.00 bits per heavy atom. The molecule has 0 aliphatic carbocycles. The number of nitrogens with zero attached hydrogens (tertiary/aromatic N) is 4. The summed E-state index contributed by atoms with van der Waals surface area (Å²) >= 11 is 6.33. The van der Waals surface area contributed by atoms with Crippen molar-refractivity contribution >= 4 is 39.4 Å². The molecule has 1 amide bonds. The number of halogens is 1. The van der Waals surface area contributed by atoms with Crippen LogP contribution in [0.5, 0.6) is 0 Å². The molecule has 1 aliphatic heterocycles. The molecular formula is C26H27ClN4O2. The zero-order valence-corrected chi connectivity index (χ0v) is 19.7. The van der Waals surface area contributed by atoms with Gasteiger partial charge in [0.25, 0.3) is 5.56 Å². The number of likely N-dealkylation sites (tertiary alicyclic amines) is 1. The number of carbonyl (C=O) groups excluding carboxylic acids is 1. The number of benzene rings is 2. The van der Waals surface area contributed by atoms with E-state index in [9.17, 15) is 9.59 Å². The molecule has 0 saturated carbocycles. The Morgan fingerprint density at radius 1 is 1.18 bits per heavy atom. The summed E-state index contributed by atoms with van der Waals surface area (Å²) in [5.41, 5.74) is 3.71. The Labute approximate surface area is 197 Å². The van der Waals surface area contributed by atoms with Gasteiger partial charge in [0.05, 0.1) is 18.4 Å². The molecule has 1 atom stereocenters. The van der Waals surface area contributed by atoms with Gasteiger partial charge in [-0.3, -0.25) is 14.2 Å². The predicted octanol–water partition coefficient (Wildman–Crippen LogP) is 4.76. The van der Waals surface area contributed by atoms with Crippen LogP contribution in [0.1, 0.15) is 37.3 Å². The highest BCUT2D eigenvalue weighted by molar-refractivity contribution is 6.31. The van der Waals surface area contributed by atoms with Crippen LogP contribution in [0.4, 0.5) is 0 Å². The monoisotopic (exact) mass is 462 g/mol. The molecule has 0 bridgehead atoms. The lowest BCUT2D eigenvalue weighted by Crippen LogP contribution is -2.43. The largest absolute Gasteiger partial charge is 0.338 e. The Bertz CT molecular complexity index is 1420. The number of aryl methyl sites for hydroxylation is 1. The number of hydrogen-bond acceptors (Lipinski definition) is 3. The van der Waals surface area contributed by atoms with E-state index in [1.165, 1.54) is 0 Å². The van der Waals surface area contributed by atoms with Crippen molar-refractivity contribution in [3.8, 4) is 0 Å². The third-order valence-electron chi connectivity index (χ3n) is 6.70. The topological polar surface area (TPSA) is 60.1 Å². The van der Waals surface area contributed by atoms with Crippen LogP contribution in [0.25, 0.3) is 21.9 Å². The Kier molecular flexibility index (Phi) is 5.71. The van der Waals surface area contributed by atoms with Gasteiger partial charge in [0.1, 0.15) is 17.6 Å². The number of hydrogen-bond donors (Lipinski definition) is 0. The molecule has 0 unspecified atom stereocenters. The normalized spacial score (nSPS) is 16.6. The van der Waals surface area contributed by atoms with Gasteiger partial charge in [0.2, 0.25) is 5.91 Å². The maximum atomic E-state index is 13.7. The molecule has 2 aromatic heterocycles. The van der Waals surface area contributed by atoms with Gasteiger partial charge in [0.15, 0.2) is 0 Å². The summed E-state index contributed by atoms with van der Waals surface area (Å²) in [6, 6.07) is 13.7. The van der Waals surface area contributed by atoms with Gasteiger partial charge in [-0.2, -0.15) is 0 Å². The average molecular weight is 463 g/mol. The van der Waals surface area contributed by atoms with Crippen LogP contribution >= 0.6 is 11.6 Å². The highest BCUT2D eigenvalue weighted by Gasteiger charge is 2.25. The Hall–Kier alpha value is -3.12. The van der Waals surface area contributed by atoms with Crippen LogP contribution in [-0.2, 0) is 17.9 Å². The van der Waals surface area contributed by atoms with Crippen LogP contribution in [-0.4, -0.2) is 37.5 Å². The maximum Gasteiger partial charge on any atom is 0.278 e. The minimum Gasteiger partial charge on any atom is -0.338 e. The molecule has 3 heterocycles. The molecule has 1 aliphatic rings. The lowest BCUT2D eigenvalue weighted by molar-refractivity contribution is -0.134. The Morgan fingerprint density at radius 3 is 2.79 bits per heavy atom. The zero-order chi connectivity index (χ0) is 23.1. The molecule has 0 spiro atoms. The smallest absolute Gasteiger partial charge is 0.278 e. The standard InChI is InChI=1S/C26H27ClN4O2/c1-17-10-11-22-20(13-17)24-25(31(22)15-23(32)30-12-6-5-7-18(30)2)26(33)29(16-28-24)14-19-8-3-4-9-21(19)27/h3-4,8-11,13,16,18H,5-7,12,14-15H2,1-2H3/t18-/m0/s1. The molecular weight excluding hydrogens is 436 g/mol. The highest BCUT2D eigenvalue weighted by Crippen LogP contribution is 2.27. The molecule has 170 valence electrons. The van der Waals surface area contributed by atoms with Crippen LogP contribution < -0.4 is 5.56 Å². The summed E-state index contributed by atoms with van der Waals surface area (Å²) in [7, 11) is 0. The molecule has 0 radical (unpaired) electrons. The molecule has 2 aromatic carbocycles. The second-order valence-corrected chi connectivity index (χ2v) is 9.41. The third kappa shape index (κ3) is 3.93. The second kappa shape index (κ2) is 8.67. The highest BCUT2D eigenvalue weighted by atomic mass is 35.5. The van der Waals surface area contributed by atoms with Crippen molar-refractivity contribution in [2.45, 2.75) is 52.2 Å². The van der Waals surface area contributed by atoms with Crippen molar-refractivity contribution in [3.05, 3.63) is 75.3 Å². The molecule has 1 saturated heterocycles. The number of piperidine rings is 1. The van der Waals surface area contributed by atoms with Gasteiger partial charge in [0, 0.05) is 23.0 Å². The summed E-state index contributed by atoms with van der Waals surface area (Å²) in [5.74, 6) is 0.0440. The van der Waals surface area contributed by atoms with Crippen molar-refractivity contribution in [1.29, 1.82) is 0 Å². The van der Waals surface area contributed by atoms with Crippen LogP contribution in [0, 0.1) is 6.92 Å².